The second kappa shape index (κ2) is 8.06. The zero-order valence-electron chi connectivity index (χ0n) is 18.1. The first kappa shape index (κ1) is 20.9. The Morgan fingerprint density at radius 3 is 2.16 bits per heavy atom. The largest absolute Gasteiger partial charge is 0.444 e. The lowest BCUT2D eigenvalue weighted by Crippen LogP contribution is -2.51. The van der Waals surface area contributed by atoms with Crippen molar-refractivity contribution >= 4 is 23.6 Å². The van der Waals surface area contributed by atoms with Crippen LogP contribution in [-0.2, 0) is 16.0 Å². The number of carbonyl (C=O) groups is 3. The van der Waals surface area contributed by atoms with E-state index >= 15 is 0 Å². The van der Waals surface area contributed by atoms with Gasteiger partial charge >= 0.3 is 6.09 Å². The Balaban J connectivity index is 1.38. The lowest BCUT2D eigenvalue weighted by Gasteiger charge is -2.35. The van der Waals surface area contributed by atoms with Gasteiger partial charge in [0.05, 0.1) is 6.42 Å². The van der Waals surface area contributed by atoms with Gasteiger partial charge in [-0.1, -0.05) is 18.2 Å². The predicted molar refractivity (Wildman–Crippen MR) is 118 cm³/mol. The second-order valence-electron chi connectivity index (χ2n) is 8.93. The van der Waals surface area contributed by atoms with Gasteiger partial charge in [-0.15, -0.1) is 0 Å². The van der Waals surface area contributed by atoms with Crippen LogP contribution >= 0.6 is 0 Å². The van der Waals surface area contributed by atoms with Crippen LogP contribution < -0.4 is 5.32 Å². The predicted octanol–water partition coefficient (Wildman–Crippen LogP) is 3.54. The van der Waals surface area contributed by atoms with Gasteiger partial charge < -0.3 is 19.9 Å². The number of nitrogens with zero attached hydrogens (tertiary/aromatic N) is 2. The van der Waals surface area contributed by atoms with Crippen molar-refractivity contribution in [3.8, 4) is 11.1 Å². The summed E-state index contributed by atoms with van der Waals surface area (Å²) in [5.41, 5.74) is 3.95. The van der Waals surface area contributed by atoms with Crippen molar-refractivity contribution in [1.29, 1.82) is 0 Å². The van der Waals surface area contributed by atoms with Crippen molar-refractivity contribution in [2.45, 2.75) is 32.8 Å². The summed E-state index contributed by atoms with van der Waals surface area (Å²) in [6, 6.07) is 13.4. The summed E-state index contributed by atoms with van der Waals surface area (Å²) in [5, 5.41) is 2.84. The Labute approximate surface area is 182 Å². The topological polar surface area (TPSA) is 79.0 Å². The van der Waals surface area contributed by atoms with Gasteiger partial charge in [-0.05, 0) is 61.7 Å². The van der Waals surface area contributed by atoms with Crippen molar-refractivity contribution in [2.24, 2.45) is 0 Å². The van der Waals surface area contributed by atoms with Crippen molar-refractivity contribution < 1.29 is 19.1 Å². The molecule has 2 aromatic carbocycles. The maximum absolute atomic E-state index is 12.9. The van der Waals surface area contributed by atoms with Gasteiger partial charge in [0, 0.05) is 37.4 Å². The molecule has 0 atom stereocenters. The summed E-state index contributed by atoms with van der Waals surface area (Å²) in [7, 11) is 0. The maximum Gasteiger partial charge on any atom is 0.410 e. The normalized spacial score (nSPS) is 16.0. The first-order chi connectivity index (χ1) is 14.7. The minimum Gasteiger partial charge on any atom is -0.444 e. The molecule has 0 aromatic heterocycles. The van der Waals surface area contributed by atoms with Gasteiger partial charge in [-0.25, -0.2) is 4.79 Å². The second-order valence-corrected chi connectivity index (χ2v) is 8.93. The molecule has 2 heterocycles. The standard InChI is InChI=1S/C24H27N3O4/c1-24(2,3)31-23(30)27-12-10-26(11-13-27)22(29)17-6-4-16(5-7-17)18-8-9-20-19(14-18)15-21(28)25-20/h4-9,14H,10-13,15H2,1-3H3,(H,25,28). The number of fused-ring (bicyclic) bond motifs is 1. The molecule has 162 valence electrons. The van der Waals surface area contributed by atoms with Gasteiger partial charge in [0.15, 0.2) is 0 Å². The summed E-state index contributed by atoms with van der Waals surface area (Å²) in [4.78, 5) is 40.1. The minimum absolute atomic E-state index is 0.0138. The molecule has 7 heteroatoms. The molecule has 7 nitrogen and oxygen atoms in total. The van der Waals surface area contributed by atoms with E-state index in [4.69, 9.17) is 4.74 Å². The van der Waals surface area contributed by atoms with Crippen LogP contribution in [0.5, 0.6) is 0 Å². The van der Waals surface area contributed by atoms with E-state index in [1.165, 1.54) is 0 Å². The molecule has 2 aromatic rings. The number of rotatable bonds is 2. The Morgan fingerprint density at radius 1 is 0.903 bits per heavy atom. The average Bonchev–Trinajstić information content (AvgIpc) is 3.11. The van der Waals surface area contributed by atoms with E-state index in [9.17, 15) is 14.4 Å². The molecule has 0 aliphatic carbocycles. The number of carbonyl (C=O) groups excluding carboxylic acids is 3. The lowest BCUT2D eigenvalue weighted by molar-refractivity contribution is -0.115. The van der Waals surface area contributed by atoms with Gasteiger partial charge in [-0.2, -0.15) is 0 Å². The molecule has 1 N–H and O–H groups in total. The number of hydrogen-bond acceptors (Lipinski definition) is 4. The van der Waals surface area contributed by atoms with Crippen LogP contribution in [0, 0.1) is 0 Å². The summed E-state index contributed by atoms with van der Waals surface area (Å²) in [5.74, 6) is -0.0287. The van der Waals surface area contributed by atoms with Crippen molar-refractivity contribution in [2.75, 3.05) is 31.5 Å². The van der Waals surface area contributed by atoms with E-state index in [1.807, 2.05) is 63.2 Å². The number of hydrogen-bond donors (Lipinski definition) is 1. The third-order valence-corrected chi connectivity index (χ3v) is 5.41. The first-order valence-electron chi connectivity index (χ1n) is 10.5. The fourth-order valence-electron chi connectivity index (χ4n) is 3.82. The van der Waals surface area contributed by atoms with E-state index in [1.54, 1.807) is 9.80 Å². The molecular weight excluding hydrogens is 394 g/mol. The Bertz CT molecular complexity index is 1020. The molecule has 0 radical (unpaired) electrons. The van der Waals surface area contributed by atoms with Crippen LogP contribution in [0.15, 0.2) is 42.5 Å². The quantitative estimate of drug-likeness (QED) is 0.805. The number of nitrogens with one attached hydrogen (secondary N) is 1. The first-order valence-corrected chi connectivity index (χ1v) is 10.5. The van der Waals surface area contributed by atoms with Crippen LogP contribution in [0.2, 0.25) is 0 Å². The minimum atomic E-state index is -0.531. The molecule has 1 fully saturated rings. The zero-order valence-corrected chi connectivity index (χ0v) is 18.1. The van der Waals surface area contributed by atoms with E-state index in [-0.39, 0.29) is 17.9 Å². The van der Waals surface area contributed by atoms with E-state index in [2.05, 4.69) is 5.32 Å². The molecule has 4 rings (SSSR count). The highest BCUT2D eigenvalue weighted by Crippen LogP contribution is 2.29. The third kappa shape index (κ3) is 4.71. The van der Waals surface area contributed by atoms with Crippen LogP contribution in [0.1, 0.15) is 36.7 Å². The summed E-state index contributed by atoms with van der Waals surface area (Å²) in [6.45, 7) is 7.40. The number of anilines is 1. The monoisotopic (exact) mass is 421 g/mol. The Hall–Kier alpha value is -3.35. The van der Waals surface area contributed by atoms with Crippen molar-refractivity contribution in [3.05, 3.63) is 53.6 Å². The highest BCUT2D eigenvalue weighted by molar-refractivity contribution is 6.00. The zero-order chi connectivity index (χ0) is 22.2. The highest BCUT2D eigenvalue weighted by atomic mass is 16.6. The molecule has 31 heavy (non-hydrogen) atoms. The summed E-state index contributed by atoms with van der Waals surface area (Å²) >= 11 is 0. The molecule has 0 bridgehead atoms. The van der Waals surface area contributed by atoms with Crippen LogP contribution in [-0.4, -0.2) is 59.5 Å². The van der Waals surface area contributed by atoms with Gasteiger partial charge in [0.2, 0.25) is 5.91 Å². The highest BCUT2D eigenvalue weighted by Gasteiger charge is 2.28. The van der Waals surface area contributed by atoms with E-state index in [0.29, 0.717) is 38.2 Å². The number of amides is 3. The molecule has 1 saturated heterocycles. The third-order valence-electron chi connectivity index (χ3n) is 5.41. The van der Waals surface area contributed by atoms with E-state index < -0.39 is 5.60 Å². The van der Waals surface area contributed by atoms with Crippen LogP contribution in [0.25, 0.3) is 11.1 Å². The Kier molecular flexibility index (Phi) is 5.43. The number of benzene rings is 2. The van der Waals surface area contributed by atoms with Gasteiger partial charge in [0.1, 0.15) is 5.60 Å². The fraction of sp³-hybridized carbons (Fsp3) is 0.375. The summed E-state index contributed by atoms with van der Waals surface area (Å²) < 4.78 is 5.41. The van der Waals surface area contributed by atoms with Gasteiger partial charge in [0.25, 0.3) is 5.91 Å². The molecule has 0 spiro atoms. The lowest BCUT2D eigenvalue weighted by atomic mass is 10.0. The Morgan fingerprint density at radius 2 is 1.52 bits per heavy atom. The van der Waals surface area contributed by atoms with Crippen molar-refractivity contribution in [1.82, 2.24) is 9.80 Å². The smallest absolute Gasteiger partial charge is 0.410 e. The molecule has 2 aliphatic rings. The summed E-state index contributed by atoms with van der Waals surface area (Å²) in [6.07, 6.45) is 0.0601. The number of ether oxygens (including phenoxy) is 1. The molecule has 3 amide bonds. The molecule has 0 unspecified atom stereocenters. The SMILES string of the molecule is CC(C)(C)OC(=O)N1CCN(C(=O)c2ccc(-c3ccc4c(c3)CC(=O)N4)cc2)CC1. The fourth-order valence-corrected chi connectivity index (χ4v) is 3.82. The average molecular weight is 421 g/mol. The molecule has 0 saturated carbocycles. The van der Waals surface area contributed by atoms with Crippen molar-refractivity contribution in [3.63, 3.8) is 0 Å². The maximum atomic E-state index is 12.9. The van der Waals surface area contributed by atoms with Crippen LogP contribution in [0.4, 0.5) is 10.5 Å². The van der Waals surface area contributed by atoms with Gasteiger partial charge in [-0.3, -0.25) is 9.59 Å². The van der Waals surface area contributed by atoms with E-state index in [0.717, 1.165) is 22.4 Å². The molecular formula is C24H27N3O4. The molecule has 2 aliphatic heterocycles. The van der Waals surface area contributed by atoms with Crippen LogP contribution in [0.3, 0.4) is 0 Å². The number of piperazine rings is 1.